The van der Waals surface area contributed by atoms with E-state index in [-0.39, 0.29) is 17.7 Å². The summed E-state index contributed by atoms with van der Waals surface area (Å²) in [7, 11) is 0. The summed E-state index contributed by atoms with van der Waals surface area (Å²) in [6.07, 6.45) is 0.877. The molecule has 0 radical (unpaired) electrons. The van der Waals surface area contributed by atoms with Crippen LogP contribution in [-0.2, 0) is 6.54 Å². The minimum Gasteiger partial charge on any atom is -0.321 e. The first-order valence-corrected chi connectivity index (χ1v) is 11.1. The van der Waals surface area contributed by atoms with Crippen LogP contribution in [0.25, 0.3) is 0 Å². The van der Waals surface area contributed by atoms with Gasteiger partial charge in [-0.25, -0.2) is 4.79 Å². The van der Waals surface area contributed by atoms with E-state index < -0.39 is 0 Å². The number of hydrogen-bond donors (Lipinski definition) is 1. The van der Waals surface area contributed by atoms with Crippen LogP contribution in [-0.4, -0.2) is 35.7 Å². The molecule has 33 heavy (non-hydrogen) atoms. The summed E-state index contributed by atoms with van der Waals surface area (Å²) < 4.78 is 0. The lowest BCUT2D eigenvalue weighted by Gasteiger charge is -2.36. The molecule has 6 heteroatoms. The number of carbonyl (C=O) groups excluding carboxylic acids is 3. The maximum Gasteiger partial charge on any atom is 0.324 e. The van der Waals surface area contributed by atoms with Crippen LogP contribution in [0.5, 0.6) is 0 Å². The van der Waals surface area contributed by atoms with Crippen LogP contribution in [0.2, 0.25) is 0 Å². The fraction of sp³-hybridized carbons (Fsp3) is 0.222. The Morgan fingerprint density at radius 2 is 1.61 bits per heavy atom. The lowest BCUT2D eigenvalue weighted by Crippen LogP contribution is -2.49. The van der Waals surface area contributed by atoms with Crippen molar-refractivity contribution in [2.75, 3.05) is 23.3 Å². The number of ketones is 1. The van der Waals surface area contributed by atoms with Gasteiger partial charge in [-0.15, -0.1) is 0 Å². The third kappa shape index (κ3) is 4.95. The molecule has 0 aromatic heterocycles. The fourth-order valence-electron chi connectivity index (χ4n) is 4.05. The van der Waals surface area contributed by atoms with Crippen LogP contribution < -0.4 is 10.2 Å². The Balaban J connectivity index is 1.46. The number of nitrogens with one attached hydrogen (secondary N) is 1. The van der Waals surface area contributed by atoms with Crippen molar-refractivity contribution in [3.8, 4) is 0 Å². The Hall–Kier alpha value is -3.93. The molecule has 1 fully saturated rings. The number of rotatable bonds is 6. The van der Waals surface area contributed by atoms with E-state index in [1.807, 2.05) is 17.0 Å². The number of para-hydroxylation sites is 1. The van der Waals surface area contributed by atoms with E-state index in [9.17, 15) is 14.4 Å². The zero-order chi connectivity index (χ0) is 23.4. The Bertz CT molecular complexity index is 1190. The molecule has 0 unspecified atom stereocenters. The van der Waals surface area contributed by atoms with Gasteiger partial charge in [0.2, 0.25) is 0 Å². The number of nitrogens with zero attached hydrogens (tertiary/aromatic N) is 2. The molecule has 3 aromatic carbocycles. The van der Waals surface area contributed by atoms with E-state index in [0.717, 1.165) is 24.2 Å². The lowest BCUT2D eigenvalue weighted by atomic mass is 10.1. The number of benzene rings is 3. The Morgan fingerprint density at radius 3 is 2.33 bits per heavy atom. The molecule has 4 rings (SSSR count). The van der Waals surface area contributed by atoms with E-state index in [0.29, 0.717) is 29.9 Å². The van der Waals surface area contributed by atoms with Gasteiger partial charge in [0.15, 0.2) is 5.78 Å². The maximum absolute atomic E-state index is 13.1. The molecule has 3 amide bonds. The van der Waals surface area contributed by atoms with Crippen LogP contribution in [0.3, 0.4) is 0 Å². The van der Waals surface area contributed by atoms with Gasteiger partial charge < -0.3 is 10.2 Å². The van der Waals surface area contributed by atoms with Gasteiger partial charge in [0.05, 0.1) is 5.69 Å². The zero-order valence-electron chi connectivity index (χ0n) is 18.9. The van der Waals surface area contributed by atoms with Crippen molar-refractivity contribution in [3.63, 3.8) is 0 Å². The van der Waals surface area contributed by atoms with Gasteiger partial charge >= 0.3 is 6.03 Å². The first-order valence-electron chi connectivity index (χ1n) is 11.1. The number of amides is 3. The van der Waals surface area contributed by atoms with Gasteiger partial charge in [-0.3, -0.25) is 14.5 Å². The molecule has 0 saturated carbocycles. The van der Waals surface area contributed by atoms with E-state index in [1.165, 1.54) is 12.5 Å². The highest BCUT2D eigenvalue weighted by Crippen LogP contribution is 2.23. The molecular weight excluding hydrogens is 414 g/mol. The molecule has 1 aliphatic rings. The second kappa shape index (κ2) is 9.69. The second-order valence-electron chi connectivity index (χ2n) is 8.24. The summed E-state index contributed by atoms with van der Waals surface area (Å²) in [5.41, 5.74) is 4.48. The molecule has 3 aromatic rings. The van der Waals surface area contributed by atoms with E-state index in [4.69, 9.17) is 0 Å². The normalized spacial score (nSPS) is 13.7. The first-order chi connectivity index (χ1) is 15.9. The Kier molecular flexibility index (Phi) is 6.54. The molecule has 0 bridgehead atoms. The van der Waals surface area contributed by atoms with Gasteiger partial charge in [-0.05, 0) is 67.8 Å². The molecular formula is C27H27N3O3. The molecule has 6 nitrogen and oxygen atoms in total. The zero-order valence-corrected chi connectivity index (χ0v) is 18.9. The summed E-state index contributed by atoms with van der Waals surface area (Å²) in [6.45, 7) is 5.47. The minimum absolute atomic E-state index is 0.0305. The lowest BCUT2D eigenvalue weighted by molar-refractivity contribution is 0.101. The van der Waals surface area contributed by atoms with Crippen LogP contribution in [0.1, 0.15) is 45.2 Å². The predicted octanol–water partition coefficient (Wildman–Crippen LogP) is 5.28. The molecule has 168 valence electrons. The summed E-state index contributed by atoms with van der Waals surface area (Å²) >= 11 is 0. The van der Waals surface area contributed by atoms with Gasteiger partial charge in [0, 0.05) is 36.4 Å². The molecule has 0 aliphatic carbocycles. The van der Waals surface area contributed by atoms with Crippen molar-refractivity contribution >= 4 is 29.1 Å². The number of hydrogen-bond acceptors (Lipinski definition) is 3. The maximum atomic E-state index is 13.1. The molecule has 1 N–H and O–H groups in total. The highest BCUT2D eigenvalue weighted by molar-refractivity contribution is 6.09. The Labute approximate surface area is 193 Å². The van der Waals surface area contributed by atoms with E-state index in [2.05, 4.69) is 24.4 Å². The van der Waals surface area contributed by atoms with Crippen LogP contribution in [0.15, 0.2) is 72.8 Å². The average molecular weight is 442 g/mol. The average Bonchev–Trinajstić information content (AvgIpc) is 2.82. The minimum atomic E-state index is -0.304. The molecule has 0 atom stereocenters. The van der Waals surface area contributed by atoms with Crippen molar-refractivity contribution in [1.82, 2.24) is 4.90 Å². The number of anilines is 2. The van der Waals surface area contributed by atoms with Gasteiger partial charge in [0.25, 0.3) is 5.91 Å². The smallest absolute Gasteiger partial charge is 0.321 e. The highest BCUT2D eigenvalue weighted by Gasteiger charge is 2.27. The second-order valence-corrected chi connectivity index (χ2v) is 8.24. The van der Waals surface area contributed by atoms with Crippen molar-refractivity contribution in [2.45, 2.75) is 26.8 Å². The topological polar surface area (TPSA) is 69.7 Å². The van der Waals surface area contributed by atoms with E-state index >= 15 is 0 Å². The van der Waals surface area contributed by atoms with Crippen molar-refractivity contribution in [2.24, 2.45) is 0 Å². The van der Waals surface area contributed by atoms with Gasteiger partial charge in [-0.2, -0.15) is 0 Å². The van der Waals surface area contributed by atoms with E-state index in [1.54, 1.807) is 53.4 Å². The summed E-state index contributed by atoms with van der Waals surface area (Å²) in [5, 5.41) is 2.81. The standard InChI is InChI=1S/C27H27N3O3/c1-19-8-3-4-9-22(19)18-29-16-7-17-30(27(29)33)23-14-12-21(13-15-23)26(32)28-25-11-6-5-10-24(25)20(2)31/h3-6,8-15H,7,16-18H2,1-2H3,(H,28,32). The van der Waals surface area contributed by atoms with Crippen molar-refractivity contribution < 1.29 is 14.4 Å². The molecule has 1 heterocycles. The Morgan fingerprint density at radius 1 is 0.909 bits per heavy atom. The first kappa shape index (κ1) is 22.3. The van der Waals surface area contributed by atoms with Crippen LogP contribution >= 0.6 is 0 Å². The van der Waals surface area contributed by atoms with Gasteiger partial charge in [-0.1, -0.05) is 36.4 Å². The molecule has 0 spiro atoms. The third-order valence-electron chi connectivity index (χ3n) is 5.93. The highest BCUT2D eigenvalue weighted by atomic mass is 16.2. The quantitative estimate of drug-likeness (QED) is 0.529. The molecule has 1 saturated heterocycles. The summed E-state index contributed by atoms with van der Waals surface area (Å²) in [4.78, 5) is 41.3. The number of urea groups is 1. The summed E-state index contributed by atoms with van der Waals surface area (Å²) in [5.74, 6) is -0.415. The van der Waals surface area contributed by atoms with Crippen molar-refractivity contribution in [1.29, 1.82) is 0 Å². The number of carbonyl (C=O) groups is 3. The largest absolute Gasteiger partial charge is 0.324 e. The summed E-state index contributed by atoms with van der Waals surface area (Å²) in [6, 6.07) is 22.0. The van der Waals surface area contributed by atoms with Crippen LogP contribution in [0, 0.1) is 6.92 Å². The SMILES string of the molecule is CC(=O)c1ccccc1NC(=O)c1ccc(N2CCCN(Cc3ccccc3C)C2=O)cc1. The third-order valence-corrected chi connectivity index (χ3v) is 5.93. The number of Topliss-reactive ketones (excluding diaryl/α,β-unsaturated/α-hetero) is 1. The van der Waals surface area contributed by atoms with Gasteiger partial charge in [0.1, 0.15) is 0 Å². The van der Waals surface area contributed by atoms with Crippen LogP contribution in [0.4, 0.5) is 16.2 Å². The fourth-order valence-corrected chi connectivity index (χ4v) is 4.05. The number of aryl methyl sites for hydroxylation is 1. The van der Waals surface area contributed by atoms with Crippen molar-refractivity contribution in [3.05, 3.63) is 95.1 Å². The molecule has 1 aliphatic heterocycles. The monoisotopic (exact) mass is 441 g/mol. The predicted molar refractivity (Wildman–Crippen MR) is 130 cm³/mol.